The van der Waals surface area contributed by atoms with Crippen molar-refractivity contribution >= 4 is 5.91 Å². The fourth-order valence-electron chi connectivity index (χ4n) is 1.62. The number of hydrogen-bond acceptors (Lipinski definition) is 3. The van der Waals surface area contributed by atoms with Crippen LogP contribution in [0.5, 0.6) is 0 Å². The number of aryl methyl sites for hydroxylation is 2. The second-order valence-corrected chi connectivity index (χ2v) is 4.67. The maximum Gasteiger partial charge on any atom is 0.269 e. The third kappa shape index (κ3) is 3.06. The molecule has 0 fully saturated rings. The Hall–Kier alpha value is -1.36. The maximum atomic E-state index is 12.0. The minimum Gasteiger partial charge on any atom is -0.346 e. The van der Waals surface area contributed by atoms with Gasteiger partial charge in [0, 0.05) is 12.6 Å². The fraction of sp³-hybridized carbons (Fsp3) is 0.636. The lowest BCUT2D eigenvalue weighted by Crippen LogP contribution is -2.45. The molecular weight excluding hydrogens is 204 g/mol. The summed E-state index contributed by atoms with van der Waals surface area (Å²) in [5.74, 6) is -0.110. The molecule has 3 N–H and O–H groups in total. The molecule has 0 unspecified atom stereocenters. The number of carbonyl (C=O) groups excluding carboxylic acids is 1. The quantitative estimate of drug-likeness (QED) is 0.786. The second kappa shape index (κ2) is 4.65. The van der Waals surface area contributed by atoms with Crippen molar-refractivity contribution in [3.63, 3.8) is 0 Å². The van der Waals surface area contributed by atoms with Crippen LogP contribution < -0.4 is 11.1 Å². The first-order valence-corrected chi connectivity index (χ1v) is 5.39. The van der Waals surface area contributed by atoms with Gasteiger partial charge in [-0.25, -0.2) is 0 Å². The van der Waals surface area contributed by atoms with E-state index in [0.717, 1.165) is 12.1 Å². The Morgan fingerprint density at radius 2 is 2.25 bits per heavy atom. The molecule has 0 saturated carbocycles. The lowest BCUT2D eigenvalue weighted by Gasteiger charge is -2.25. The topological polar surface area (TPSA) is 72.9 Å². The van der Waals surface area contributed by atoms with Gasteiger partial charge in [0.15, 0.2) is 0 Å². The molecule has 0 spiro atoms. The van der Waals surface area contributed by atoms with Crippen LogP contribution in [0.2, 0.25) is 0 Å². The van der Waals surface area contributed by atoms with Crippen LogP contribution in [0.15, 0.2) is 6.07 Å². The van der Waals surface area contributed by atoms with Crippen molar-refractivity contribution in [1.82, 2.24) is 15.1 Å². The molecule has 0 aliphatic heterocycles. The van der Waals surface area contributed by atoms with Gasteiger partial charge in [-0.05, 0) is 39.8 Å². The van der Waals surface area contributed by atoms with Gasteiger partial charge >= 0.3 is 0 Å². The summed E-state index contributed by atoms with van der Waals surface area (Å²) in [5.41, 5.74) is 6.62. The molecule has 0 aliphatic rings. The van der Waals surface area contributed by atoms with Gasteiger partial charge in [0.25, 0.3) is 5.91 Å². The van der Waals surface area contributed by atoms with Crippen LogP contribution in [0.25, 0.3) is 0 Å². The number of rotatable bonds is 4. The van der Waals surface area contributed by atoms with Gasteiger partial charge < -0.3 is 11.1 Å². The molecule has 1 heterocycles. The van der Waals surface area contributed by atoms with Gasteiger partial charge in [0.1, 0.15) is 5.69 Å². The first-order valence-electron chi connectivity index (χ1n) is 5.39. The Morgan fingerprint density at radius 1 is 1.62 bits per heavy atom. The van der Waals surface area contributed by atoms with E-state index in [9.17, 15) is 4.79 Å². The predicted molar refractivity (Wildman–Crippen MR) is 63.2 cm³/mol. The Morgan fingerprint density at radius 3 is 2.69 bits per heavy atom. The number of nitrogens with two attached hydrogens (primary N) is 1. The highest BCUT2D eigenvalue weighted by Gasteiger charge is 2.22. The second-order valence-electron chi connectivity index (χ2n) is 4.67. The van der Waals surface area contributed by atoms with E-state index in [1.54, 1.807) is 17.8 Å². The number of carbonyl (C=O) groups is 1. The lowest BCUT2D eigenvalue weighted by molar-refractivity contribution is 0.0900. The number of amides is 1. The minimum atomic E-state index is -0.288. The van der Waals surface area contributed by atoms with Gasteiger partial charge in [-0.3, -0.25) is 9.48 Å². The van der Waals surface area contributed by atoms with Crippen LogP contribution in [-0.4, -0.2) is 27.8 Å². The van der Waals surface area contributed by atoms with Crippen molar-refractivity contribution in [1.29, 1.82) is 0 Å². The van der Waals surface area contributed by atoms with E-state index >= 15 is 0 Å². The molecule has 1 aromatic heterocycles. The van der Waals surface area contributed by atoms with Crippen LogP contribution in [0.1, 0.15) is 36.5 Å². The maximum absolute atomic E-state index is 12.0. The minimum absolute atomic E-state index is 0.110. The van der Waals surface area contributed by atoms with Crippen molar-refractivity contribution < 1.29 is 4.79 Å². The molecule has 5 nitrogen and oxygen atoms in total. The van der Waals surface area contributed by atoms with Gasteiger partial charge in [0.05, 0.1) is 5.69 Å². The van der Waals surface area contributed by atoms with Gasteiger partial charge in [-0.15, -0.1) is 0 Å². The summed E-state index contributed by atoms with van der Waals surface area (Å²) in [6, 6.07) is 1.77. The third-order valence-electron chi connectivity index (χ3n) is 2.46. The Labute approximate surface area is 96.0 Å². The number of aromatic nitrogens is 2. The van der Waals surface area contributed by atoms with E-state index < -0.39 is 0 Å². The molecule has 0 aromatic carbocycles. The van der Waals surface area contributed by atoms with Crippen LogP contribution in [0.4, 0.5) is 0 Å². The standard InChI is InChI=1S/C11H20N4O/c1-8-7-9(15(4)14-8)10(16)13-11(2,3)5-6-12/h7H,5-6,12H2,1-4H3,(H,13,16). The van der Waals surface area contributed by atoms with E-state index in [4.69, 9.17) is 5.73 Å². The largest absolute Gasteiger partial charge is 0.346 e. The third-order valence-corrected chi connectivity index (χ3v) is 2.46. The molecule has 90 valence electrons. The van der Waals surface area contributed by atoms with E-state index in [1.165, 1.54) is 0 Å². The summed E-state index contributed by atoms with van der Waals surface area (Å²) < 4.78 is 1.59. The van der Waals surface area contributed by atoms with Crippen molar-refractivity contribution in [3.05, 3.63) is 17.5 Å². The van der Waals surface area contributed by atoms with E-state index in [2.05, 4.69) is 10.4 Å². The zero-order valence-corrected chi connectivity index (χ0v) is 10.4. The van der Waals surface area contributed by atoms with Crippen LogP contribution in [0.3, 0.4) is 0 Å². The SMILES string of the molecule is Cc1cc(C(=O)NC(C)(C)CCN)n(C)n1. The highest BCUT2D eigenvalue weighted by Crippen LogP contribution is 2.09. The van der Waals surface area contributed by atoms with Crippen molar-refractivity contribution in [2.24, 2.45) is 12.8 Å². The monoisotopic (exact) mass is 224 g/mol. The summed E-state index contributed by atoms with van der Waals surface area (Å²) in [4.78, 5) is 12.0. The van der Waals surface area contributed by atoms with Crippen molar-refractivity contribution in [3.8, 4) is 0 Å². The zero-order valence-electron chi connectivity index (χ0n) is 10.4. The van der Waals surface area contributed by atoms with Crippen molar-refractivity contribution in [2.75, 3.05) is 6.54 Å². The van der Waals surface area contributed by atoms with Gasteiger partial charge in [-0.2, -0.15) is 5.10 Å². The van der Waals surface area contributed by atoms with Gasteiger partial charge in [-0.1, -0.05) is 0 Å². The molecule has 5 heteroatoms. The normalized spacial score (nSPS) is 11.6. The highest BCUT2D eigenvalue weighted by atomic mass is 16.2. The lowest BCUT2D eigenvalue weighted by atomic mass is 10.0. The Bertz CT molecular complexity index is 381. The number of nitrogens with zero attached hydrogens (tertiary/aromatic N) is 2. The summed E-state index contributed by atoms with van der Waals surface area (Å²) in [6.45, 7) is 6.33. The molecular formula is C11H20N4O. The number of nitrogens with one attached hydrogen (secondary N) is 1. The predicted octanol–water partition coefficient (Wildman–Crippen LogP) is 0.586. The molecule has 1 amide bonds. The first-order chi connectivity index (χ1) is 7.35. The average Bonchev–Trinajstić information content (AvgIpc) is 2.44. The average molecular weight is 224 g/mol. The molecule has 0 atom stereocenters. The summed E-state index contributed by atoms with van der Waals surface area (Å²) in [6.07, 6.45) is 0.746. The Balaban J connectivity index is 2.76. The van der Waals surface area contributed by atoms with E-state index in [-0.39, 0.29) is 11.4 Å². The highest BCUT2D eigenvalue weighted by molar-refractivity contribution is 5.93. The van der Waals surface area contributed by atoms with E-state index in [1.807, 2.05) is 20.8 Å². The summed E-state index contributed by atoms with van der Waals surface area (Å²) in [5, 5.41) is 7.09. The van der Waals surface area contributed by atoms with Crippen LogP contribution in [-0.2, 0) is 7.05 Å². The Kier molecular flexibility index (Phi) is 3.70. The summed E-state index contributed by atoms with van der Waals surface area (Å²) in [7, 11) is 1.76. The molecule has 0 saturated heterocycles. The molecule has 16 heavy (non-hydrogen) atoms. The summed E-state index contributed by atoms with van der Waals surface area (Å²) >= 11 is 0. The molecule has 1 aromatic rings. The molecule has 0 bridgehead atoms. The van der Waals surface area contributed by atoms with Crippen molar-refractivity contribution in [2.45, 2.75) is 32.7 Å². The molecule has 1 rings (SSSR count). The van der Waals surface area contributed by atoms with Crippen LogP contribution in [0, 0.1) is 6.92 Å². The zero-order chi connectivity index (χ0) is 12.3. The smallest absolute Gasteiger partial charge is 0.269 e. The number of hydrogen-bond donors (Lipinski definition) is 2. The molecule has 0 radical (unpaired) electrons. The van der Waals surface area contributed by atoms with Gasteiger partial charge in [0.2, 0.25) is 0 Å². The first kappa shape index (κ1) is 12.7. The fourth-order valence-corrected chi connectivity index (χ4v) is 1.62. The van der Waals surface area contributed by atoms with Crippen LogP contribution >= 0.6 is 0 Å². The van der Waals surface area contributed by atoms with E-state index in [0.29, 0.717) is 12.2 Å². The molecule has 0 aliphatic carbocycles.